The highest BCUT2D eigenvalue weighted by Crippen LogP contribution is 2.39. The van der Waals surface area contributed by atoms with Crippen molar-refractivity contribution in [3.8, 4) is 23.1 Å². The lowest BCUT2D eigenvalue weighted by Crippen LogP contribution is -2.31. The predicted molar refractivity (Wildman–Crippen MR) is 124 cm³/mol. The third-order valence-electron chi connectivity index (χ3n) is 5.63. The zero-order chi connectivity index (χ0) is 28.6. The number of pyridine rings is 1. The van der Waals surface area contributed by atoms with Crippen molar-refractivity contribution in [3.63, 3.8) is 0 Å². The summed E-state index contributed by atoms with van der Waals surface area (Å²) in [5, 5.41) is 22.4. The van der Waals surface area contributed by atoms with Crippen molar-refractivity contribution in [2.45, 2.75) is 39.3 Å². The Hall–Kier alpha value is -4.53. The van der Waals surface area contributed by atoms with E-state index in [4.69, 9.17) is 14.6 Å². The van der Waals surface area contributed by atoms with E-state index >= 15 is 0 Å². The number of carboxylic acids is 1. The van der Waals surface area contributed by atoms with Crippen LogP contribution in [0.5, 0.6) is 17.4 Å². The monoisotopic (exact) mass is 554 g/mol. The fraction of sp³-hybridized carbons (Fsp3) is 0.250. The van der Waals surface area contributed by atoms with Crippen LogP contribution in [0.1, 0.15) is 30.0 Å². The lowest BCUT2D eigenvalue weighted by molar-refractivity contribution is -0.189. The highest BCUT2D eigenvalue weighted by atomic mass is 19.4. The molecule has 0 radical (unpaired) electrons. The van der Waals surface area contributed by atoms with Crippen molar-refractivity contribution >= 4 is 16.7 Å². The second kappa shape index (κ2) is 10.3. The summed E-state index contributed by atoms with van der Waals surface area (Å²) >= 11 is 0. The maximum Gasteiger partial charge on any atom is 0.425 e. The number of carboxylic acid groups (broad SMARTS) is 1. The van der Waals surface area contributed by atoms with Crippen molar-refractivity contribution in [1.29, 1.82) is 0 Å². The highest BCUT2D eigenvalue weighted by molar-refractivity contribution is 5.94. The number of hydrogen-bond donors (Lipinski definition) is 2. The van der Waals surface area contributed by atoms with E-state index in [0.717, 1.165) is 28.4 Å². The van der Waals surface area contributed by atoms with E-state index < -0.39 is 65.1 Å². The summed E-state index contributed by atoms with van der Waals surface area (Å²) in [6.45, 7) is 1.92. The number of fused-ring (bicyclic) bond motifs is 1. The number of hydrogen-bond acceptors (Lipinski definition) is 7. The van der Waals surface area contributed by atoms with Gasteiger partial charge in [0.2, 0.25) is 11.6 Å². The molecule has 0 saturated heterocycles. The summed E-state index contributed by atoms with van der Waals surface area (Å²) in [5.41, 5.74) is -1.43. The quantitative estimate of drug-likeness (QED) is 0.310. The summed E-state index contributed by atoms with van der Waals surface area (Å²) in [7, 11) is 0. The third kappa shape index (κ3) is 5.25. The Kier molecular flexibility index (Phi) is 7.28. The molecule has 15 heteroatoms. The number of aliphatic hydroxyl groups is 1. The van der Waals surface area contributed by atoms with Gasteiger partial charge in [0.05, 0.1) is 16.6 Å². The third-order valence-corrected chi connectivity index (χ3v) is 5.63. The van der Waals surface area contributed by atoms with Gasteiger partial charge in [-0.25, -0.2) is 23.4 Å². The van der Waals surface area contributed by atoms with Gasteiger partial charge in [-0.15, -0.1) is 5.10 Å². The Morgan fingerprint density at radius 2 is 1.82 bits per heavy atom. The van der Waals surface area contributed by atoms with Crippen LogP contribution >= 0.6 is 0 Å². The summed E-state index contributed by atoms with van der Waals surface area (Å²) in [6.07, 6.45) is -6.06. The average molecular weight is 554 g/mol. The number of nitrogens with zero attached hydrogens (tertiary/aromatic N) is 4. The van der Waals surface area contributed by atoms with E-state index in [1.54, 1.807) is 6.92 Å². The van der Waals surface area contributed by atoms with Crippen LogP contribution in [0.15, 0.2) is 41.3 Å². The van der Waals surface area contributed by atoms with Gasteiger partial charge in [0.25, 0.3) is 0 Å². The summed E-state index contributed by atoms with van der Waals surface area (Å²) in [4.78, 5) is 27.8. The predicted octanol–water partition coefficient (Wildman–Crippen LogP) is 4.19. The molecule has 10 nitrogen and oxygen atoms in total. The number of aromatic carboxylic acids is 1. The standard InChI is InChI=1S/C24H19F5N4O6/c1-3-32-18(10-34)31-33(23(32)37)14-6-12-4-5-30-21(19(12)17(9-14)38-11(2)24(27,28)29)39-20-15(25)7-13(22(35)36)8-16(20)26/h4-9,11,34H,3,10H2,1-2H3,(H,35,36). The van der Waals surface area contributed by atoms with Crippen molar-refractivity contribution in [1.82, 2.24) is 19.3 Å². The number of ether oxygens (including phenoxy) is 2. The van der Waals surface area contributed by atoms with Crippen LogP contribution in [0.2, 0.25) is 0 Å². The van der Waals surface area contributed by atoms with Crippen molar-refractivity contribution in [2.75, 3.05) is 0 Å². The van der Waals surface area contributed by atoms with E-state index in [1.165, 1.54) is 12.1 Å². The first-order valence-electron chi connectivity index (χ1n) is 11.2. The van der Waals surface area contributed by atoms with E-state index in [-0.39, 0.29) is 28.8 Å². The molecule has 4 rings (SSSR count). The molecule has 0 aliphatic heterocycles. The molecule has 0 bridgehead atoms. The largest absolute Gasteiger partial charge is 0.480 e. The molecule has 1 atom stereocenters. The molecule has 2 aromatic heterocycles. The van der Waals surface area contributed by atoms with Gasteiger partial charge in [0.1, 0.15) is 12.4 Å². The SMILES string of the molecule is CCn1c(CO)nn(-c2cc(OC(C)C(F)(F)F)c3c(Oc4c(F)cc(C(=O)O)cc4F)nccc3c2)c1=O. The number of carbonyl (C=O) groups is 1. The molecule has 0 fully saturated rings. The van der Waals surface area contributed by atoms with Gasteiger partial charge in [0, 0.05) is 18.8 Å². The molecule has 0 spiro atoms. The Bertz CT molecular complexity index is 1610. The van der Waals surface area contributed by atoms with Gasteiger partial charge >= 0.3 is 17.8 Å². The van der Waals surface area contributed by atoms with Crippen LogP contribution in [0.25, 0.3) is 16.5 Å². The summed E-state index contributed by atoms with van der Waals surface area (Å²) in [6, 6.07) is 4.69. The Morgan fingerprint density at radius 3 is 2.36 bits per heavy atom. The molecule has 2 N–H and O–H groups in total. The van der Waals surface area contributed by atoms with E-state index in [1.807, 2.05) is 0 Å². The Balaban J connectivity index is 1.93. The summed E-state index contributed by atoms with van der Waals surface area (Å²) in [5.74, 6) is -6.53. The molecule has 4 aromatic rings. The highest BCUT2D eigenvalue weighted by Gasteiger charge is 2.38. The number of halogens is 5. The molecule has 39 heavy (non-hydrogen) atoms. The number of rotatable bonds is 8. The van der Waals surface area contributed by atoms with Crippen LogP contribution in [0.4, 0.5) is 22.0 Å². The van der Waals surface area contributed by atoms with Crippen molar-refractivity contribution < 1.29 is 46.4 Å². The molecular formula is C24H19F5N4O6. The van der Waals surface area contributed by atoms with Gasteiger partial charge in [-0.3, -0.25) is 4.57 Å². The molecule has 2 heterocycles. The minimum atomic E-state index is -4.82. The number of benzene rings is 2. The minimum Gasteiger partial charge on any atom is -0.480 e. The van der Waals surface area contributed by atoms with Crippen molar-refractivity contribution in [3.05, 3.63) is 70.0 Å². The molecular weight excluding hydrogens is 535 g/mol. The molecule has 2 aromatic carbocycles. The summed E-state index contributed by atoms with van der Waals surface area (Å²) < 4.78 is 81.8. The van der Waals surface area contributed by atoms with Crippen LogP contribution in [0.3, 0.4) is 0 Å². The maximum absolute atomic E-state index is 14.6. The fourth-order valence-electron chi connectivity index (χ4n) is 3.70. The van der Waals surface area contributed by atoms with E-state index in [2.05, 4.69) is 10.1 Å². The van der Waals surface area contributed by atoms with Gasteiger partial charge in [-0.2, -0.15) is 17.9 Å². The number of alkyl halides is 3. The van der Waals surface area contributed by atoms with Crippen LogP contribution < -0.4 is 15.2 Å². The van der Waals surface area contributed by atoms with Gasteiger partial charge in [-0.05, 0) is 43.5 Å². The van der Waals surface area contributed by atoms with E-state index in [9.17, 15) is 36.6 Å². The van der Waals surface area contributed by atoms with Gasteiger partial charge < -0.3 is 19.7 Å². The fourth-order valence-corrected chi connectivity index (χ4v) is 3.70. The van der Waals surface area contributed by atoms with Crippen LogP contribution in [0, 0.1) is 11.6 Å². The van der Waals surface area contributed by atoms with Crippen molar-refractivity contribution in [2.24, 2.45) is 0 Å². The molecule has 206 valence electrons. The Morgan fingerprint density at radius 1 is 1.15 bits per heavy atom. The average Bonchev–Trinajstić information content (AvgIpc) is 3.20. The van der Waals surface area contributed by atoms with Crippen LogP contribution in [-0.2, 0) is 13.2 Å². The second-order valence-corrected chi connectivity index (χ2v) is 8.15. The first-order chi connectivity index (χ1) is 18.3. The lowest BCUT2D eigenvalue weighted by Gasteiger charge is -2.20. The number of aliphatic hydroxyl groups excluding tert-OH is 1. The topological polar surface area (TPSA) is 129 Å². The molecule has 0 saturated carbocycles. The van der Waals surface area contributed by atoms with Gasteiger partial charge in [0.15, 0.2) is 23.6 Å². The smallest absolute Gasteiger partial charge is 0.425 e. The number of aromatic nitrogens is 4. The first-order valence-corrected chi connectivity index (χ1v) is 11.2. The minimum absolute atomic E-state index is 0.00299. The second-order valence-electron chi connectivity index (χ2n) is 8.15. The normalized spacial score (nSPS) is 12.5. The van der Waals surface area contributed by atoms with E-state index in [0.29, 0.717) is 12.1 Å². The molecule has 0 aliphatic carbocycles. The van der Waals surface area contributed by atoms with Gasteiger partial charge in [-0.1, -0.05) is 0 Å². The zero-order valence-corrected chi connectivity index (χ0v) is 20.2. The Labute approximate surface area is 215 Å². The molecule has 1 unspecified atom stereocenters. The maximum atomic E-state index is 14.6. The zero-order valence-electron chi connectivity index (χ0n) is 20.2. The van der Waals surface area contributed by atoms with Crippen LogP contribution in [-0.4, -0.2) is 47.8 Å². The first kappa shape index (κ1) is 27.5. The molecule has 0 aliphatic rings. The molecule has 0 amide bonds. The lowest BCUT2D eigenvalue weighted by atomic mass is 10.1.